The second kappa shape index (κ2) is 8.15. The SMILES string of the molecule is Cl.NCCN(Cc1ccccc1)C(=O)[C@H]1CCCO1. The number of halogens is 1. The number of nitrogens with zero attached hydrogens (tertiary/aromatic N) is 1. The Hall–Kier alpha value is -1.10. The van der Waals surface area contributed by atoms with Crippen molar-refractivity contribution < 1.29 is 9.53 Å². The molecule has 0 aliphatic carbocycles. The van der Waals surface area contributed by atoms with Gasteiger partial charge < -0.3 is 15.4 Å². The van der Waals surface area contributed by atoms with Crippen LogP contribution < -0.4 is 5.73 Å². The van der Waals surface area contributed by atoms with E-state index in [2.05, 4.69) is 0 Å². The van der Waals surface area contributed by atoms with Crippen LogP contribution in [0.4, 0.5) is 0 Å². The van der Waals surface area contributed by atoms with Gasteiger partial charge in [0.2, 0.25) is 0 Å². The third-order valence-electron chi connectivity index (χ3n) is 3.13. The lowest BCUT2D eigenvalue weighted by Gasteiger charge is -2.24. The van der Waals surface area contributed by atoms with Crippen LogP contribution in [-0.2, 0) is 16.1 Å². The number of hydrogen-bond acceptors (Lipinski definition) is 3. The molecule has 0 radical (unpaired) electrons. The van der Waals surface area contributed by atoms with Crippen molar-refractivity contribution in [3.8, 4) is 0 Å². The van der Waals surface area contributed by atoms with Crippen LogP contribution in [0.3, 0.4) is 0 Å². The van der Waals surface area contributed by atoms with E-state index in [-0.39, 0.29) is 24.4 Å². The van der Waals surface area contributed by atoms with Crippen molar-refractivity contribution in [3.63, 3.8) is 0 Å². The van der Waals surface area contributed by atoms with Gasteiger partial charge in [0, 0.05) is 26.2 Å². The summed E-state index contributed by atoms with van der Waals surface area (Å²) in [6.07, 6.45) is 1.53. The first-order chi connectivity index (χ1) is 8.81. The molecule has 1 aliphatic rings. The van der Waals surface area contributed by atoms with Gasteiger partial charge in [-0.25, -0.2) is 0 Å². The molecular formula is C14H21ClN2O2. The fourth-order valence-corrected chi connectivity index (χ4v) is 2.20. The summed E-state index contributed by atoms with van der Waals surface area (Å²) in [5, 5.41) is 0. The number of carbonyl (C=O) groups excluding carboxylic acids is 1. The van der Waals surface area contributed by atoms with Gasteiger partial charge in [0.1, 0.15) is 6.10 Å². The highest BCUT2D eigenvalue weighted by atomic mass is 35.5. The zero-order valence-electron chi connectivity index (χ0n) is 11.0. The minimum absolute atomic E-state index is 0. The first-order valence-electron chi connectivity index (χ1n) is 6.45. The maximum absolute atomic E-state index is 12.3. The zero-order valence-corrected chi connectivity index (χ0v) is 11.8. The van der Waals surface area contributed by atoms with Crippen LogP contribution >= 0.6 is 12.4 Å². The standard InChI is InChI=1S/C14H20N2O2.ClH/c15-8-9-16(11-12-5-2-1-3-6-12)14(17)13-7-4-10-18-13;/h1-3,5-6,13H,4,7-11,15H2;1H/t13-;/m1./s1. The lowest BCUT2D eigenvalue weighted by Crippen LogP contribution is -2.41. The van der Waals surface area contributed by atoms with Crippen molar-refractivity contribution in [1.82, 2.24) is 4.90 Å². The Bertz CT molecular complexity index is 380. The van der Waals surface area contributed by atoms with Crippen LogP contribution in [0.2, 0.25) is 0 Å². The second-order valence-electron chi connectivity index (χ2n) is 4.54. The van der Waals surface area contributed by atoms with Crippen molar-refractivity contribution in [2.45, 2.75) is 25.5 Å². The molecule has 5 heteroatoms. The Balaban J connectivity index is 0.00000180. The minimum Gasteiger partial charge on any atom is -0.368 e. The van der Waals surface area contributed by atoms with Gasteiger partial charge in [-0.15, -0.1) is 12.4 Å². The van der Waals surface area contributed by atoms with Gasteiger partial charge in [0.15, 0.2) is 0 Å². The highest BCUT2D eigenvalue weighted by molar-refractivity contribution is 5.85. The molecule has 1 heterocycles. The molecule has 1 aromatic carbocycles. The predicted octanol–water partition coefficient (Wildman–Crippen LogP) is 1.57. The quantitative estimate of drug-likeness (QED) is 0.893. The largest absolute Gasteiger partial charge is 0.368 e. The van der Waals surface area contributed by atoms with Gasteiger partial charge in [-0.2, -0.15) is 0 Å². The van der Waals surface area contributed by atoms with Gasteiger partial charge >= 0.3 is 0 Å². The van der Waals surface area contributed by atoms with Crippen LogP contribution in [0.15, 0.2) is 30.3 Å². The summed E-state index contributed by atoms with van der Waals surface area (Å²) >= 11 is 0. The molecule has 19 heavy (non-hydrogen) atoms. The normalized spacial score (nSPS) is 17.8. The van der Waals surface area contributed by atoms with Gasteiger partial charge in [0.25, 0.3) is 5.91 Å². The van der Waals surface area contributed by atoms with E-state index in [9.17, 15) is 4.79 Å². The fraction of sp³-hybridized carbons (Fsp3) is 0.500. The van der Waals surface area contributed by atoms with Gasteiger partial charge in [-0.3, -0.25) is 4.79 Å². The Morgan fingerprint density at radius 1 is 1.37 bits per heavy atom. The maximum Gasteiger partial charge on any atom is 0.252 e. The van der Waals surface area contributed by atoms with Crippen molar-refractivity contribution in [1.29, 1.82) is 0 Å². The molecule has 0 unspecified atom stereocenters. The number of amides is 1. The third kappa shape index (κ3) is 4.49. The van der Waals surface area contributed by atoms with E-state index in [4.69, 9.17) is 10.5 Å². The average molecular weight is 285 g/mol. The van der Waals surface area contributed by atoms with Crippen molar-refractivity contribution in [2.75, 3.05) is 19.7 Å². The lowest BCUT2D eigenvalue weighted by molar-refractivity contribution is -0.141. The predicted molar refractivity (Wildman–Crippen MR) is 77.1 cm³/mol. The molecule has 2 rings (SSSR count). The number of ether oxygens (including phenoxy) is 1. The third-order valence-corrected chi connectivity index (χ3v) is 3.13. The minimum atomic E-state index is -0.264. The fourth-order valence-electron chi connectivity index (χ4n) is 2.20. The molecular weight excluding hydrogens is 264 g/mol. The molecule has 1 aliphatic heterocycles. The van der Waals surface area contributed by atoms with Gasteiger partial charge in [0.05, 0.1) is 0 Å². The van der Waals surface area contributed by atoms with Gasteiger partial charge in [-0.05, 0) is 18.4 Å². The second-order valence-corrected chi connectivity index (χ2v) is 4.54. The summed E-state index contributed by atoms with van der Waals surface area (Å²) < 4.78 is 5.45. The van der Waals surface area contributed by atoms with Crippen LogP contribution in [0, 0.1) is 0 Å². The van der Waals surface area contributed by atoms with Crippen LogP contribution in [0.1, 0.15) is 18.4 Å². The van der Waals surface area contributed by atoms with Crippen molar-refractivity contribution in [3.05, 3.63) is 35.9 Å². The summed E-state index contributed by atoms with van der Waals surface area (Å²) in [5.41, 5.74) is 6.71. The van der Waals surface area contributed by atoms with E-state index in [1.807, 2.05) is 30.3 Å². The molecule has 0 aromatic heterocycles. The summed E-state index contributed by atoms with van der Waals surface area (Å²) in [5.74, 6) is 0.0711. The summed E-state index contributed by atoms with van der Waals surface area (Å²) in [4.78, 5) is 14.1. The summed E-state index contributed by atoms with van der Waals surface area (Å²) in [6, 6.07) is 9.97. The Kier molecular flexibility index (Phi) is 6.84. The maximum atomic E-state index is 12.3. The van der Waals surface area contributed by atoms with Crippen LogP contribution in [0.25, 0.3) is 0 Å². The summed E-state index contributed by atoms with van der Waals surface area (Å²) in [7, 11) is 0. The highest BCUT2D eigenvalue weighted by Crippen LogP contribution is 2.16. The van der Waals surface area contributed by atoms with E-state index in [0.717, 1.165) is 18.4 Å². The van der Waals surface area contributed by atoms with Crippen LogP contribution in [0.5, 0.6) is 0 Å². The molecule has 0 saturated carbocycles. The highest BCUT2D eigenvalue weighted by Gasteiger charge is 2.27. The molecule has 1 aromatic rings. The Morgan fingerprint density at radius 2 is 2.11 bits per heavy atom. The Morgan fingerprint density at radius 3 is 2.68 bits per heavy atom. The molecule has 1 atom stereocenters. The molecule has 1 saturated heterocycles. The lowest BCUT2D eigenvalue weighted by atomic mass is 10.1. The van der Waals surface area contributed by atoms with Crippen molar-refractivity contribution >= 4 is 18.3 Å². The smallest absolute Gasteiger partial charge is 0.252 e. The molecule has 1 amide bonds. The number of hydrogen-bond donors (Lipinski definition) is 1. The monoisotopic (exact) mass is 284 g/mol. The van der Waals surface area contributed by atoms with E-state index in [0.29, 0.717) is 26.2 Å². The van der Waals surface area contributed by atoms with E-state index in [1.165, 1.54) is 0 Å². The topological polar surface area (TPSA) is 55.6 Å². The Labute approximate surface area is 120 Å². The van der Waals surface area contributed by atoms with Crippen molar-refractivity contribution in [2.24, 2.45) is 5.73 Å². The van der Waals surface area contributed by atoms with E-state index in [1.54, 1.807) is 4.90 Å². The number of nitrogens with two attached hydrogens (primary N) is 1. The molecule has 0 spiro atoms. The number of benzene rings is 1. The first-order valence-corrected chi connectivity index (χ1v) is 6.45. The molecule has 4 nitrogen and oxygen atoms in total. The first kappa shape index (κ1) is 16.0. The van der Waals surface area contributed by atoms with Gasteiger partial charge in [-0.1, -0.05) is 30.3 Å². The number of rotatable bonds is 5. The van der Waals surface area contributed by atoms with E-state index >= 15 is 0 Å². The molecule has 0 bridgehead atoms. The molecule has 1 fully saturated rings. The number of carbonyl (C=O) groups is 1. The molecule has 2 N–H and O–H groups in total. The molecule has 106 valence electrons. The zero-order chi connectivity index (χ0) is 12.8. The summed E-state index contributed by atoms with van der Waals surface area (Å²) in [6.45, 7) is 2.35. The average Bonchev–Trinajstić information content (AvgIpc) is 2.92. The van der Waals surface area contributed by atoms with E-state index < -0.39 is 0 Å². The van der Waals surface area contributed by atoms with Crippen LogP contribution in [-0.4, -0.2) is 36.6 Å².